The number of oxime groups is 1. The van der Waals surface area contributed by atoms with Crippen LogP contribution in [0.5, 0.6) is 11.5 Å². The molecule has 0 unspecified atom stereocenters. The highest BCUT2D eigenvalue weighted by atomic mass is 35.5. The second kappa shape index (κ2) is 8.01. The minimum absolute atomic E-state index is 0.0241. The molecule has 6 rings (SSSR count). The van der Waals surface area contributed by atoms with Gasteiger partial charge in [0.25, 0.3) is 0 Å². The third-order valence-corrected chi connectivity index (χ3v) is 8.25. The molecule has 0 spiro atoms. The molecule has 34 heavy (non-hydrogen) atoms. The first-order chi connectivity index (χ1) is 16.5. The highest BCUT2D eigenvalue weighted by molar-refractivity contribution is 6.30. The molecule has 8 heteroatoms. The van der Waals surface area contributed by atoms with Crippen molar-refractivity contribution in [2.75, 3.05) is 20.8 Å². The van der Waals surface area contributed by atoms with Gasteiger partial charge in [0.2, 0.25) is 11.8 Å². The molecule has 3 fully saturated rings. The van der Waals surface area contributed by atoms with Crippen molar-refractivity contribution in [1.82, 2.24) is 4.90 Å². The van der Waals surface area contributed by atoms with E-state index in [1.165, 1.54) is 4.90 Å². The summed E-state index contributed by atoms with van der Waals surface area (Å²) in [4.78, 5) is 34.2. The van der Waals surface area contributed by atoms with Crippen LogP contribution in [0.15, 0.2) is 47.6 Å². The lowest BCUT2D eigenvalue weighted by molar-refractivity contribution is -0.140. The zero-order valence-corrected chi connectivity index (χ0v) is 19.7. The summed E-state index contributed by atoms with van der Waals surface area (Å²) < 4.78 is 10.7. The lowest BCUT2D eigenvalue weighted by Crippen LogP contribution is -2.41. The molecule has 2 aromatic rings. The minimum Gasteiger partial charge on any atom is -0.493 e. The van der Waals surface area contributed by atoms with Crippen molar-refractivity contribution in [3.8, 4) is 11.5 Å². The summed E-state index contributed by atoms with van der Waals surface area (Å²) in [6.07, 6.45) is 1.26. The van der Waals surface area contributed by atoms with Crippen molar-refractivity contribution < 1.29 is 23.9 Å². The van der Waals surface area contributed by atoms with Crippen molar-refractivity contribution in [3.05, 3.63) is 58.6 Å². The molecular formula is C26H25ClN2O5. The summed E-state index contributed by atoms with van der Waals surface area (Å²) in [5, 5.41) is 5.04. The third-order valence-electron chi connectivity index (χ3n) is 7.99. The van der Waals surface area contributed by atoms with Crippen LogP contribution < -0.4 is 9.47 Å². The van der Waals surface area contributed by atoms with Crippen LogP contribution in [-0.2, 0) is 20.8 Å². The van der Waals surface area contributed by atoms with E-state index in [1.54, 1.807) is 14.2 Å². The normalized spacial score (nSPS) is 30.8. The second-order valence-corrected chi connectivity index (χ2v) is 9.90. The maximum atomic E-state index is 13.5. The predicted molar refractivity (Wildman–Crippen MR) is 125 cm³/mol. The van der Waals surface area contributed by atoms with Crippen LogP contribution in [0.4, 0.5) is 0 Å². The Morgan fingerprint density at radius 3 is 2.38 bits per heavy atom. The van der Waals surface area contributed by atoms with Crippen molar-refractivity contribution in [3.63, 3.8) is 0 Å². The van der Waals surface area contributed by atoms with Gasteiger partial charge in [-0.1, -0.05) is 35.0 Å². The molecule has 2 aliphatic heterocycles. The number of carbonyl (C=O) groups is 2. The fourth-order valence-corrected chi connectivity index (χ4v) is 6.67. The molecule has 1 saturated heterocycles. The number of halogens is 1. The van der Waals surface area contributed by atoms with Gasteiger partial charge < -0.3 is 14.3 Å². The lowest BCUT2D eigenvalue weighted by atomic mass is 9.71. The predicted octanol–water partition coefficient (Wildman–Crippen LogP) is 3.57. The molecule has 2 bridgehead atoms. The number of imide groups is 1. The van der Waals surface area contributed by atoms with E-state index in [1.807, 2.05) is 42.5 Å². The van der Waals surface area contributed by atoms with E-state index in [0.717, 1.165) is 23.3 Å². The van der Waals surface area contributed by atoms with Crippen LogP contribution in [0.25, 0.3) is 0 Å². The van der Waals surface area contributed by atoms with E-state index in [2.05, 4.69) is 5.16 Å². The smallest absolute Gasteiger partial charge is 0.233 e. The first-order valence-electron chi connectivity index (χ1n) is 11.6. The number of benzene rings is 2. The summed E-state index contributed by atoms with van der Waals surface area (Å²) in [5.41, 5.74) is 2.82. The number of amides is 2. The number of likely N-dealkylation sites (tertiary alicyclic amines) is 1. The molecule has 2 heterocycles. The van der Waals surface area contributed by atoms with Gasteiger partial charge >= 0.3 is 0 Å². The van der Waals surface area contributed by atoms with Crippen molar-refractivity contribution >= 4 is 29.1 Å². The van der Waals surface area contributed by atoms with Crippen LogP contribution in [0.2, 0.25) is 5.02 Å². The molecule has 4 aliphatic rings. The second-order valence-electron chi connectivity index (χ2n) is 9.46. The average molecular weight is 481 g/mol. The summed E-state index contributed by atoms with van der Waals surface area (Å²) >= 11 is 6.05. The Bertz CT molecular complexity index is 1200. The van der Waals surface area contributed by atoms with E-state index in [4.69, 9.17) is 25.9 Å². The van der Waals surface area contributed by atoms with Gasteiger partial charge in [-0.2, -0.15) is 0 Å². The molecular weight excluding hydrogens is 456 g/mol. The molecule has 6 atom stereocenters. The van der Waals surface area contributed by atoms with Gasteiger partial charge in [0.05, 0.1) is 31.8 Å². The van der Waals surface area contributed by atoms with Gasteiger partial charge in [0.1, 0.15) is 6.10 Å². The van der Waals surface area contributed by atoms with E-state index < -0.39 is 0 Å². The van der Waals surface area contributed by atoms with Crippen LogP contribution in [0.1, 0.15) is 17.5 Å². The van der Waals surface area contributed by atoms with E-state index in [9.17, 15) is 9.59 Å². The van der Waals surface area contributed by atoms with Crippen molar-refractivity contribution in [1.29, 1.82) is 0 Å². The molecule has 7 nitrogen and oxygen atoms in total. The number of methoxy groups -OCH3 is 2. The number of hydrogen-bond acceptors (Lipinski definition) is 6. The molecule has 0 radical (unpaired) electrons. The fourth-order valence-electron chi connectivity index (χ4n) is 6.54. The Morgan fingerprint density at radius 1 is 0.971 bits per heavy atom. The standard InChI is InChI=1S/C26H25ClN2O5/c1-32-18-8-3-13(11-19(18)33-2)9-10-29-25(30)20-16-12-17(21(20)26(29)31)24-22(16)23(28-34-24)14-4-6-15(27)7-5-14/h3-8,11,16-17,20-22,24H,9-10,12H2,1-2H3/t16-,17+,20-,21+,22-,24-/m1/s1. The Kier molecular flexibility index (Phi) is 5.06. The van der Waals surface area contributed by atoms with Crippen LogP contribution in [-0.4, -0.2) is 49.3 Å². The van der Waals surface area contributed by atoms with E-state index in [0.29, 0.717) is 29.5 Å². The van der Waals surface area contributed by atoms with Gasteiger partial charge in [-0.25, -0.2) is 0 Å². The average Bonchev–Trinajstić information content (AvgIpc) is 3.59. The van der Waals surface area contributed by atoms with Crippen LogP contribution in [0, 0.1) is 29.6 Å². The molecule has 2 amide bonds. The van der Waals surface area contributed by atoms with Gasteiger partial charge in [0, 0.05) is 23.4 Å². The van der Waals surface area contributed by atoms with Crippen LogP contribution in [0.3, 0.4) is 0 Å². The minimum atomic E-state index is -0.302. The van der Waals surface area contributed by atoms with E-state index >= 15 is 0 Å². The SMILES string of the molecule is COc1ccc(CCN2C(=O)[C@@H]3[C@H]4C[C@H]([C@H]5ON=C(c6ccc(Cl)cc6)[C@@H]45)[C@@H]3C2=O)cc1OC. The fraction of sp³-hybridized carbons (Fsp3) is 0.423. The van der Waals surface area contributed by atoms with Crippen molar-refractivity contribution in [2.24, 2.45) is 34.7 Å². The largest absolute Gasteiger partial charge is 0.493 e. The number of rotatable bonds is 6. The van der Waals surface area contributed by atoms with Gasteiger partial charge in [-0.3, -0.25) is 14.5 Å². The number of carbonyl (C=O) groups excluding carboxylic acids is 2. The zero-order valence-electron chi connectivity index (χ0n) is 18.9. The first kappa shape index (κ1) is 21.5. The molecule has 2 saturated carbocycles. The zero-order chi connectivity index (χ0) is 23.6. The van der Waals surface area contributed by atoms with Crippen LogP contribution >= 0.6 is 11.6 Å². The maximum absolute atomic E-state index is 13.5. The van der Waals surface area contributed by atoms with Gasteiger partial charge in [0.15, 0.2) is 11.5 Å². The number of fused-ring (bicyclic) bond motifs is 8. The highest BCUT2D eigenvalue weighted by Gasteiger charge is 2.70. The number of ether oxygens (including phenoxy) is 2. The molecule has 0 N–H and O–H groups in total. The van der Waals surface area contributed by atoms with Gasteiger partial charge in [-0.05, 0) is 54.2 Å². The molecule has 0 aromatic heterocycles. The van der Waals surface area contributed by atoms with E-state index in [-0.39, 0.29) is 47.5 Å². The quantitative estimate of drug-likeness (QED) is 0.591. The van der Waals surface area contributed by atoms with Gasteiger partial charge in [-0.15, -0.1) is 0 Å². The number of hydrogen-bond donors (Lipinski definition) is 0. The van der Waals surface area contributed by atoms with Crippen molar-refractivity contribution in [2.45, 2.75) is 18.9 Å². The summed E-state index contributed by atoms with van der Waals surface area (Å²) in [6.45, 7) is 0.355. The summed E-state index contributed by atoms with van der Waals surface area (Å²) in [5.74, 6) is 0.704. The summed E-state index contributed by atoms with van der Waals surface area (Å²) in [7, 11) is 3.18. The Morgan fingerprint density at radius 2 is 1.68 bits per heavy atom. The molecule has 176 valence electrons. The maximum Gasteiger partial charge on any atom is 0.233 e. The Hall–Kier alpha value is -3.06. The molecule has 2 aromatic carbocycles. The monoisotopic (exact) mass is 480 g/mol. The Balaban J connectivity index is 1.20. The summed E-state index contributed by atoms with van der Waals surface area (Å²) in [6, 6.07) is 13.2. The highest BCUT2D eigenvalue weighted by Crippen LogP contribution is 2.61. The first-order valence-corrected chi connectivity index (χ1v) is 12.0. The molecule has 2 aliphatic carbocycles. The number of nitrogens with zero attached hydrogens (tertiary/aromatic N) is 2. The lowest BCUT2D eigenvalue weighted by Gasteiger charge is -2.29. The third kappa shape index (κ3) is 3.06. The topological polar surface area (TPSA) is 77.4 Å². The Labute approximate surface area is 202 Å².